The Labute approximate surface area is 116 Å². The molecule has 1 unspecified atom stereocenters. The molecule has 3 N–H and O–H groups in total. The first kappa shape index (κ1) is 14.0. The molecule has 1 aromatic rings. The molecule has 0 aromatic heterocycles. The van der Waals surface area contributed by atoms with E-state index in [0.29, 0.717) is 19.6 Å². The first-order valence-electron chi connectivity index (χ1n) is 6.25. The largest absolute Gasteiger partial charge is 0.490 e. The molecule has 1 amide bonds. The van der Waals surface area contributed by atoms with Gasteiger partial charge in [-0.05, 0) is 18.2 Å². The van der Waals surface area contributed by atoms with Crippen molar-refractivity contribution in [3.63, 3.8) is 0 Å². The molecule has 19 heavy (non-hydrogen) atoms. The van der Waals surface area contributed by atoms with E-state index in [0.717, 1.165) is 22.8 Å². The molecule has 0 fully saturated rings. The van der Waals surface area contributed by atoms with Crippen LogP contribution >= 0.6 is 11.8 Å². The minimum absolute atomic E-state index is 0.147. The highest BCUT2D eigenvalue weighted by atomic mass is 32.2. The fourth-order valence-electron chi connectivity index (χ4n) is 1.81. The first-order chi connectivity index (χ1) is 9.19. The van der Waals surface area contributed by atoms with Crippen molar-refractivity contribution in [2.45, 2.75) is 29.9 Å². The maximum Gasteiger partial charge on any atom is 0.234 e. The van der Waals surface area contributed by atoms with E-state index < -0.39 is 0 Å². The summed E-state index contributed by atoms with van der Waals surface area (Å²) in [7, 11) is 0. The van der Waals surface area contributed by atoms with Crippen molar-refractivity contribution in [3.05, 3.63) is 18.2 Å². The van der Waals surface area contributed by atoms with Gasteiger partial charge in [-0.3, -0.25) is 10.2 Å². The summed E-state index contributed by atoms with van der Waals surface area (Å²) in [5, 5.41) is 0.147. The highest BCUT2D eigenvalue weighted by molar-refractivity contribution is 8.00. The Balaban J connectivity index is 2.01. The maximum atomic E-state index is 11.2. The number of hydrogen-bond donors (Lipinski definition) is 2. The normalized spacial score (nSPS) is 15.5. The Morgan fingerprint density at radius 3 is 2.89 bits per heavy atom. The molecular weight excluding hydrogens is 264 g/mol. The first-order valence-corrected chi connectivity index (χ1v) is 7.13. The lowest BCUT2D eigenvalue weighted by atomic mass is 10.3. The molecule has 1 aromatic carbocycles. The van der Waals surface area contributed by atoms with Crippen LogP contribution in [0.2, 0.25) is 0 Å². The number of nitrogens with two attached hydrogens (primary N) is 1. The molecule has 0 bridgehead atoms. The molecule has 104 valence electrons. The molecule has 6 heteroatoms. The van der Waals surface area contributed by atoms with Crippen molar-refractivity contribution in [2.24, 2.45) is 5.84 Å². The van der Waals surface area contributed by atoms with E-state index in [1.165, 1.54) is 0 Å². The standard InChI is InChI=1S/C13H18N2O3S/c1-9(7-13(16)15-14)19-10-3-4-11-12(8-10)18-6-2-5-17-11/h3-4,8-9H,2,5-7,14H2,1H3,(H,15,16). The van der Waals surface area contributed by atoms with Gasteiger partial charge in [-0.25, -0.2) is 5.84 Å². The summed E-state index contributed by atoms with van der Waals surface area (Å²) >= 11 is 1.61. The highest BCUT2D eigenvalue weighted by Gasteiger charge is 2.14. The van der Waals surface area contributed by atoms with Crippen molar-refractivity contribution in [3.8, 4) is 11.5 Å². The van der Waals surface area contributed by atoms with Crippen molar-refractivity contribution >= 4 is 17.7 Å². The van der Waals surface area contributed by atoms with E-state index in [1.54, 1.807) is 11.8 Å². The fourth-order valence-corrected chi connectivity index (χ4v) is 2.83. The number of carbonyl (C=O) groups is 1. The second kappa shape index (κ2) is 6.68. The van der Waals surface area contributed by atoms with Gasteiger partial charge in [0.25, 0.3) is 0 Å². The molecule has 0 saturated heterocycles. The van der Waals surface area contributed by atoms with Crippen molar-refractivity contribution in [1.29, 1.82) is 0 Å². The lowest BCUT2D eigenvalue weighted by Crippen LogP contribution is -2.31. The molecule has 0 saturated carbocycles. The number of carbonyl (C=O) groups excluding carboxylic acids is 1. The quantitative estimate of drug-likeness (QED) is 0.380. The van der Waals surface area contributed by atoms with E-state index in [-0.39, 0.29) is 11.2 Å². The number of hydrogen-bond acceptors (Lipinski definition) is 5. The number of amides is 1. The molecule has 1 aliphatic rings. The van der Waals surface area contributed by atoms with E-state index in [9.17, 15) is 4.79 Å². The monoisotopic (exact) mass is 282 g/mol. The number of ether oxygens (including phenoxy) is 2. The van der Waals surface area contributed by atoms with Gasteiger partial charge >= 0.3 is 0 Å². The third kappa shape index (κ3) is 4.04. The number of fused-ring (bicyclic) bond motifs is 1. The molecule has 0 radical (unpaired) electrons. The third-order valence-corrected chi connectivity index (χ3v) is 3.79. The van der Waals surface area contributed by atoms with Crippen LogP contribution in [0.4, 0.5) is 0 Å². The van der Waals surface area contributed by atoms with Crippen LogP contribution in [-0.4, -0.2) is 24.4 Å². The lowest BCUT2D eigenvalue weighted by molar-refractivity contribution is -0.121. The van der Waals surface area contributed by atoms with Gasteiger partial charge in [0.05, 0.1) is 13.2 Å². The van der Waals surface area contributed by atoms with Gasteiger partial charge < -0.3 is 9.47 Å². The Bertz CT molecular complexity index is 454. The summed E-state index contributed by atoms with van der Waals surface area (Å²) < 4.78 is 11.2. The summed E-state index contributed by atoms with van der Waals surface area (Å²) in [5.41, 5.74) is 2.14. The number of hydrazine groups is 1. The van der Waals surface area contributed by atoms with E-state index in [4.69, 9.17) is 15.3 Å². The van der Waals surface area contributed by atoms with Gasteiger partial charge in [-0.2, -0.15) is 0 Å². The minimum Gasteiger partial charge on any atom is -0.490 e. The zero-order chi connectivity index (χ0) is 13.7. The van der Waals surface area contributed by atoms with Crippen LogP contribution < -0.4 is 20.7 Å². The van der Waals surface area contributed by atoms with Gasteiger partial charge in [-0.1, -0.05) is 6.92 Å². The summed E-state index contributed by atoms with van der Waals surface area (Å²) in [6.07, 6.45) is 1.28. The summed E-state index contributed by atoms with van der Waals surface area (Å²) in [5.74, 6) is 6.48. The molecule has 1 aliphatic heterocycles. The highest BCUT2D eigenvalue weighted by Crippen LogP contribution is 2.35. The number of thioether (sulfide) groups is 1. The van der Waals surface area contributed by atoms with Crippen molar-refractivity contribution < 1.29 is 14.3 Å². The van der Waals surface area contributed by atoms with Crippen LogP contribution in [0.5, 0.6) is 11.5 Å². The molecule has 0 aliphatic carbocycles. The number of rotatable bonds is 4. The molecule has 2 rings (SSSR count). The third-order valence-electron chi connectivity index (χ3n) is 2.69. The van der Waals surface area contributed by atoms with Crippen LogP contribution in [0.15, 0.2) is 23.1 Å². The fraction of sp³-hybridized carbons (Fsp3) is 0.462. The van der Waals surface area contributed by atoms with Crippen LogP contribution in [0, 0.1) is 0 Å². The number of nitrogens with one attached hydrogen (secondary N) is 1. The molecule has 1 atom stereocenters. The average molecular weight is 282 g/mol. The second-order valence-electron chi connectivity index (χ2n) is 4.36. The summed E-state index contributed by atoms with van der Waals surface area (Å²) in [6, 6.07) is 5.86. The topological polar surface area (TPSA) is 73.6 Å². The molecule has 0 spiro atoms. The Kier molecular flexibility index (Phi) is 4.93. The van der Waals surface area contributed by atoms with Crippen LogP contribution in [-0.2, 0) is 4.79 Å². The van der Waals surface area contributed by atoms with Gasteiger partial charge in [0.15, 0.2) is 11.5 Å². The zero-order valence-electron chi connectivity index (χ0n) is 10.8. The molecular formula is C13H18N2O3S. The van der Waals surface area contributed by atoms with Crippen LogP contribution in [0.3, 0.4) is 0 Å². The van der Waals surface area contributed by atoms with Crippen LogP contribution in [0.25, 0.3) is 0 Å². The number of benzene rings is 1. The summed E-state index contributed by atoms with van der Waals surface area (Å²) in [6.45, 7) is 3.35. The molecule has 5 nitrogen and oxygen atoms in total. The van der Waals surface area contributed by atoms with Crippen molar-refractivity contribution in [2.75, 3.05) is 13.2 Å². The smallest absolute Gasteiger partial charge is 0.234 e. The van der Waals surface area contributed by atoms with Gasteiger partial charge in [0, 0.05) is 23.0 Å². The summed E-state index contributed by atoms with van der Waals surface area (Å²) in [4.78, 5) is 12.3. The van der Waals surface area contributed by atoms with E-state index >= 15 is 0 Å². The predicted octanol–water partition coefficient (Wildman–Crippen LogP) is 1.71. The molecule has 1 heterocycles. The Morgan fingerprint density at radius 1 is 1.42 bits per heavy atom. The SMILES string of the molecule is CC(CC(=O)NN)Sc1ccc2c(c1)OCCCO2. The minimum atomic E-state index is -0.158. The van der Waals surface area contributed by atoms with Crippen molar-refractivity contribution in [1.82, 2.24) is 5.43 Å². The van der Waals surface area contributed by atoms with Gasteiger partial charge in [0.2, 0.25) is 5.91 Å². The average Bonchev–Trinajstić information content (AvgIpc) is 2.63. The van der Waals surface area contributed by atoms with E-state index in [1.807, 2.05) is 25.1 Å². The van der Waals surface area contributed by atoms with Gasteiger partial charge in [0.1, 0.15) is 0 Å². The Hall–Kier alpha value is -1.40. The zero-order valence-corrected chi connectivity index (χ0v) is 11.7. The lowest BCUT2D eigenvalue weighted by Gasteiger charge is -2.12. The second-order valence-corrected chi connectivity index (χ2v) is 5.87. The van der Waals surface area contributed by atoms with Gasteiger partial charge in [-0.15, -0.1) is 11.8 Å². The van der Waals surface area contributed by atoms with Crippen LogP contribution in [0.1, 0.15) is 19.8 Å². The van der Waals surface area contributed by atoms with E-state index in [2.05, 4.69) is 5.43 Å². The maximum absolute atomic E-state index is 11.2. The Morgan fingerprint density at radius 2 is 2.16 bits per heavy atom. The predicted molar refractivity (Wildman–Crippen MR) is 74.3 cm³/mol.